The number of rotatable bonds is 18. The number of amides is 1. The molecule has 0 aliphatic heterocycles. The number of nitrogens with one attached hydrogen (secondary N) is 1. The fourth-order valence-corrected chi connectivity index (χ4v) is 4.47. The molecule has 1 unspecified atom stereocenters. The Hall–Kier alpha value is -2.52. The Morgan fingerprint density at radius 1 is 1.05 bits per heavy atom. The number of carbonyl (C=O) groups excluding carboxylic acids is 2. The van der Waals surface area contributed by atoms with Crippen LogP contribution < -0.4 is 16.7 Å². The van der Waals surface area contributed by atoms with Crippen LogP contribution in [0.15, 0.2) is 27.4 Å². The van der Waals surface area contributed by atoms with Gasteiger partial charge in [-0.25, -0.2) is 9.36 Å². The molecule has 37 heavy (non-hydrogen) atoms. The van der Waals surface area contributed by atoms with Crippen LogP contribution in [0.3, 0.4) is 0 Å². The third-order valence-electron chi connectivity index (χ3n) is 6.19. The number of Topliss-reactive ketones (excluding diaryl/α,β-unsaturated/α-hetero) is 1. The first-order chi connectivity index (χ1) is 17.6. The molecule has 0 aliphatic rings. The van der Waals surface area contributed by atoms with Gasteiger partial charge in [0.2, 0.25) is 5.91 Å². The van der Waals surface area contributed by atoms with E-state index in [1.807, 2.05) is 0 Å². The number of nitrogens with two attached hydrogens (primary N) is 1. The Morgan fingerprint density at radius 3 is 2.41 bits per heavy atom. The molecule has 0 saturated carbocycles. The number of benzene rings is 1. The Morgan fingerprint density at radius 2 is 1.70 bits per heavy atom. The van der Waals surface area contributed by atoms with Gasteiger partial charge in [0.15, 0.2) is 0 Å². The zero-order chi connectivity index (χ0) is 27.3. The van der Waals surface area contributed by atoms with Crippen molar-refractivity contribution in [3.05, 3.63) is 39.7 Å². The highest BCUT2D eigenvalue weighted by molar-refractivity contribution is 7.47. The lowest BCUT2D eigenvalue weighted by Crippen LogP contribution is -2.28. The number of hydrogen-bond acceptors (Lipinski definition) is 8. The maximum absolute atomic E-state index is 12.3. The van der Waals surface area contributed by atoms with Gasteiger partial charge in [-0.2, -0.15) is 0 Å². The van der Waals surface area contributed by atoms with E-state index in [-0.39, 0.29) is 24.7 Å². The van der Waals surface area contributed by atoms with E-state index < -0.39 is 13.4 Å². The first-order valence-corrected chi connectivity index (χ1v) is 14.3. The van der Waals surface area contributed by atoms with Crippen molar-refractivity contribution in [2.24, 2.45) is 0 Å². The number of unbranched alkanes of at least 4 members (excludes halogenated alkanes) is 6. The van der Waals surface area contributed by atoms with Gasteiger partial charge < -0.3 is 20.4 Å². The summed E-state index contributed by atoms with van der Waals surface area (Å²) in [5.41, 5.74) is 7.19. The van der Waals surface area contributed by atoms with Crippen LogP contribution in [0.2, 0.25) is 0 Å². The molecular formula is C26H39N2O8P. The molecular weight excluding hydrogens is 499 g/mol. The number of ketones is 1. The average molecular weight is 539 g/mol. The summed E-state index contributed by atoms with van der Waals surface area (Å²) < 4.78 is 25.6. The van der Waals surface area contributed by atoms with E-state index in [0.29, 0.717) is 48.2 Å². The molecule has 206 valence electrons. The first-order valence-electron chi connectivity index (χ1n) is 12.8. The van der Waals surface area contributed by atoms with Crippen LogP contribution in [0.5, 0.6) is 0 Å². The number of carbonyl (C=O) groups is 2. The largest absolute Gasteiger partial charge is 0.471 e. The van der Waals surface area contributed by atoms with Crippen molar-refractivity contribution in [2.45, 2.75) is 77.6 Å². The van der Waals surface area contributed by atoms with Gasteiger partial charge in [0.1, 0.15) is 11.4 Å². The van der Waals surface area contributed by atoms with Gasteiger partial charge in [-0.15, -0.1) is 0 Å². The third kappa shape index (κ3) is 11.2. The van der Waals surface area contributed by atoms with Crippen molar-refractivity contribution in [1.29, 1.82) is 0 Å². The summed E-state index contributed by atoms with van der Waals surface area (Å²) in [6.45, 7) is 2.46. The molecule has 1 amide bonds. The number of aryl methyl sites for hydroxylation is 1. The van der Waals surface area contributed by atoms with E-state index >= 15 is 0 Å². The Balaban J connectivity index is 1.53. The van der Waals surface area contributed by atoms with Gasteiger partial charge in [-0.1, -0.05) is 25.7 Å². The molecule has 0 fully saturated rings. The molecule has 2 rings (SSSR count). The third-order valence-corrected chi connectivity index (χ3v) is 7.16. The molecule has 1 heterocycles. The van der Waals surface area contributed by atoms with E-state index in [4.69, 9.17) is 19.6 Å². The van der Waals surface area contributed by atoms with Crippen molar-refractivity contribution in [1.82, 2.24) is 5.32 Å². The van der Waals surface area contributed by atoms with Crippen molar-refractivity contribution >= 4 is 36.2 Å². The van der Waals surface area contributed by atoms with Gasteiger partial charge >= 0.3 is 13.4 Å². The molecule has 1 aromatic carbocycles. The monoisotopic (exact) mass is 538 g/mol. The van der Waals surface area contributed by atoms with Crippen LogP contribution in [0.25, 0.3) is 11.0 Å². The van der Waals surface area contributed by atoms with Gasteiger partial charge in [0.05, 0.1) is 18.6 Å². The minimum absolute atomic E-state index is 0.0462. The topological polar surface area (TPSA) is 158 Å². The van der Waals surface area contributed by atoms with Crippen LogP contribution in [0.1, 0.15) is 75.3 Å². The molecule has 4 N–H and O–H groups in total. The van der Waals surface area contributed by atoms with Gasteiger partial charge in [0.25, 0.3) is 0 Å². The van der Waals surface area contributed by atoms with Crippen molar-refractivity contribution in [3.8, 4) is 0 Å². The SMILES string of the molecule is COP(=O)(O)OCCCCCCCC(=O)CCCCCNC(=O)Cc1c(C)c2ccc(N)cc2oc1=O. The van der Waals surface area contributed by atoms with E-state index in [2.05, 4.69) is 9.84 Å². The highest BCUT2D eigenvalue weighted by atomic mass is 31.2. The number of hydrogen-bond donors (Lipinski definition) is 3. The van der Waals surface area contributed by atoms with Crippen molar-refractivity contribution in [3.63, 3.8) is 0 Å². The zero-order valence-electron chi connectivity index (χ0n) is 21.8. The summed E-state index contributed by atoms with van der Waals surface area (Å²) in [7, 11) is -2.75. The predicted molar refractivity (Wildman–Crippen MR) is 142 cm³/mol. The number of fused-ring (bicyclic) bond motifs is 1. The maximum atomic E-state index is 12.3. The summed E-state index contributed by atoms with van der Waals surface area (Å²) in [5, 5.41) is 3.59. The number of phosphoric acid groups is 1. The Bertz CT molecular complexity index is 1150. The molecule has 0 aliphatic carbocycles. The standard InChI is InChI=1S/C26H39N2O8P/c1-19-22-14-13-20(27)17-24(22)36-26(31)23(19)18-25(30)28-15-9-6-8-12-21(29)11-7-4-3-5-10-16-35-37(32,33)34-2/h13-14,17H,3-12,15-16,18,27H2,1-2H3,(H,28,30)(H,32,33). The van der Waals surface area contributed by atoms with Crippen LogP contribution in [0, 0.1) is 6.92 Å². The van der Waals surface area contributed by atoms with Crippen LogP contribution in [0.4, 0.5) is 5.69 Å². The normalized spacial score (nSPS) is 12.9. The maximum Gasteiger partial charge on any atom is 0.471 e. The summed E-state index contributed by atoms with van der Waals surface area (Å²) >= 11 is 0. The molecule has 0 radical (unpaired) electrons. The zero-order valence-corrected chi connectivity index (χ0v) is 22.6. The Labute approximate surface area is 217 Å². The molecule has 0 saturated heterocycles. The number of anilines is 1. The van der Waals surface area contributed by atoms with E-state index in [1.54, 1.807) is 25.1 Å². The molecule has 10 nitrogen and oxygen atoms in total. The lowest BCUT2D eigenvalue weighted by molar-refractivity contribution is -0.121. The highest BCUT2D eigenvalue weighted by Gasteiger charge is 2.17. The van der Waals surface area contributed by atoms with Gasteiger partial charge in [0, 0.05) is 43.6 Å². The molecule has 1 atom stereocenters. The quantitative estimate of drug-likeness (QED) is 0.107. The molecule has 1 aromatic heterocycles. The van der Waals surface area contributed by atoms with Crippen LogP contribution in [-0.2, 0) is 29.6 Å². The van der Waals surface area contributed by atoms with Crippen LogP contribution >= 0.6 is 7.82 Å². The summed E-state index contributed by atoms with van der Waals surface area (Å²) in [5.74, 6) is 0.00541. The lowest BCUT2D eigenvalue weighted by atomic mass is 10.0. The second kappa shape index (κ2) is 15.7. The fraction of sp³-hybridized carbons (Fsp3) is 0.577. The van der Waals surface area contributed by atoms with E-state index in [1.165, 1.54) is 0 Å². The smallest absolute Gasteiger partial charge is 0.422 e. The minimum Gasteiger partial charge on any atom is -0.422 e. The van der Waals surface area contributed by atoms with Crippen LogP contribution in [-0.4, -0.2) is 36.8 Å². The second-order valence-corrected chi connectivity index (χ2v) is 10.7. The van der Waals surface area contributed by atoms with Crippen molar-refractivity contribution < 1.29 is 32.5 Å². The van der Waals surface area contributed by atoms with E-state index in [9.17, 15) is 18.9 Å². The number of phosphoric ester groups is 1. The predicted octanol–water partition coefficient (Wildman–Crippen LogP) is 4.58. The summed E-state index contributed by atoms with van der Waals surface area (Å²) in [6.07, 6.45) is 7.66. The molecule has 0 spiro atoms. The Kier molecular flexibility index (Phi) is 13.0. The second-order valence-electron chi connectivity index (χ2n) is 9.13. The van der Waals surface area contributed by atoms with Crippen molar-refractivity contribution in [2.75, 3.05) is 26.0 Å². The fourth-order valence-electron chi connectivity index (χ4n) is 4.00. The molecule has 2 aromatic rings. The summed E-state index contributed by atoms with van der Waals surface area (Å²) in [6, 6.07) is 5.11. The summed E-state index contributed by atoms with van der Waals surface area (Å²) in [4.78, 5) is 45.8. The highest BCUT2D eigenvalue weighted by Crippen LogP contribution is 2.41. The lowest BCUT2D eigenvalue weighted by Gasteiger charge is -2.09. The van der Waals surface area contributed by atoms with Gasteiger partial charge in [-0.3, -0.25) is 18.6 Å². The molecule has 11 heteroatoms. The van der Waals surface area contributed by atoms with E-state index in [0.717, 1.165) is 57.4 Å². The first kappa shape index (κ1) is 30.7. The number of nitrogen functional groups attached to an aromatic ring is 1. The molecule has 0 bridgehead atoms. The van der Waals surface area contributed by atoms with Gasteiger partial charge in [-0.05, 0) is 50.3 Å². The minimum atomic E-state index is -3.88. The average Bonchev–Trinajstić information content (AvgIpc) is 2.85.